The number of carbonyl (C=O) groups excluding carboxylic acids is 1. The van der Waals surface area contributed by atoms with Gasteiger partial charge >= 0.3 is 5.97 Å². The Hall–Kier alpha value is -1.73. The van der Waals surface area contributed by atoms with E-state index in [2.05, 4.69) is 0 Å². The number of carboxylic acid groups (broad SMARTS) is 1. The Morgan fingerprint density at radius 2 is 1.89 bits per heavy atom. The van der Waals surface area contributed by atoms with Gasteiger partial charge in [-0.2, -0.15) is 0 Å². The standard InChI is InChI=1S/C11H13NO5S/c1-7-2-3-8(18(12,16)17)6-9(7)10(13)4-5-11(14)15/h2-3,6H,4-5H2,1H3,(H,14,15)(H2,12,16,17). The van der Waals surface area contributed by atoms with Gasteiger partial charge in [0.1, 0.15) is 0 Å². The van der Waals surface area contributed by atoms with Gasteiger partial charge in [-0.05, 0) is 24.6 Å². The number of rotatable bonds is 5. The van der Waals surface area contributed by atoms with Crippen LogP contribution in [-0.2, 0) is 14.8 Å². The van der Waals surface area contributed by atoms with Crippen molar-refractivity contribution in [1.29, 1.82) is 0 Å². The fraction of sp³-hybridized carbons (Fsp3) is 0.273. The van der Waals surface area contributed by atoms with E-state index >= 15 is 0 Å². The van der Waals surface area contributed by atoms with Crippen molar-refractivity contribution in [3.05, 3.63) is 29.3 Å². The van der Waals surface area contributed by atoms with Crippen LogP contribution in [0.5, 0.6) is 0 Å². The van der Waals surface area contributed by atoms with Crippen molar-refractivity contribution in [2.24, 2.45) is 5.14 Å². The fourth-order valence-electron chi connectivity index (χ4n) is 1.43. The number of hydrogen-bond donors (Lipinski definition) is 2. The van der Waals surface area contributed by atoms with Gasteiger partial charge in [0.15, 0.2) is 5.78 Å². The summed E-state index contributed by atoms with van der Waals surface area (Å²) in [5.41, 5.74) is 0.764. The van der Waals surface area contributed by atoms with Gasteiger partial charge in [-0.3, -0.25) is 9.59 Å². The number of aryl methyl sites for hydroxylation is 1. The molecule has 1 aromatic carbocycles. The van der Waals surface area contributed by atoms with Crippen molar-refractivity contribution in [2.45, 2.75) is 24.7 Å². The van der Waals surface area contributed by atoms with E-state index in [1.54, 1.807) is 6.92 Å². The monoisotopic (exact) mass is 271 g/mol. The number of benzene rings is 1. The van der Waals surface area contributed by atoms with Crippen LogP contribution in [0, 0.1) is 6.92 Å². The summed E-state index contributed by atoms with van der Waals surface area (Å²) in [5.74, 6) is -1.50. The van der Waals surface area contributed by atoms with E-state index in [-0.39, 0.29) is 23.3 Å². The molecule has 0 saturated heterocycles. The first-order valence-electron chi connectivity index (χ1n) is 5.10. The highest BCUT2D eigenvalue weighted by Crippen LogP contribution is 2.16. The lowest BCUT2D eigenvalue weighted by molar-refractivity contribution is -0.136. The van der Waals surface area contributed by atoms with E-state index in [4.69, 9.17) is 10.2 Å². The molecule has 7 heteroatoms. The maximum Gasteiger partial charge on any atom is 0.303 e. The van der Waals surface area contributed by atoms with Crippen molar-refractivity contribution >= 4 is 21.8 Å². The summed E-state index contributed by atoms with van der Waals surface area (Å²) >= 11 is 0. The Balaban J connectivity index is 3.08. The summed E-state index contributed by atoms with van der Waals surface area (Å²) in [6, 6.07) is 3.95. The largest absolute Gasteiger partial charge is 0.481 e. The minimum atomic E-state index is -3.88. The number of aliphatic carboxylic acids is 1. The summed E-state index contributed by atoms with van der Waals surface area (Å²) in [5, 5.41) is 13.5. The third kappa shape index (κ3) is 3.64. The Morgan fingerprint density at radius 3 is 2.39 bits per heavy atom. The molecule has 0 spiro atoms. The fourth-order valence-corrected chi connectivity index (χ4v) is 1.97. The van der Waals surface area contributed by atoms with E-state index in [1.165, 1.54) is 18.2 Å². The molecule has 0 aromatic heterocycles. The van der Waals surface area contributed by atoms with Gasteiger partial charge in [0.2, 0.25) is 10.0 Å². The smallest absolute Gasteiger partial charge is 0.303 e. The van der Waals surface area contributed by atoms with Gasteiger partial charge < -0.3 is 5.11 Å². The van der Waals surface area contributed by atoms with Gasteiger partial charge in [-0.15, -0.1) is 0 Å². The molecule has 0 bridgehead atoms. The molecule has 1 rings (SSSR count). The molecule has 1 aromatic rings. The molecular weight excluding hydrogens is 258 g/mol. The molecule has 6 nitrogen and oxygen atoms in total. The molecule has 18 heavy (non-hydrogen) atoms. The molecule has 0 atom stereocenters. The van der Waals surface area contributed by atoms with E-state index in [0.29, 0.717) is 5.56 Å². The van der Waals surface area contributed by atoms with Crippen molar-refractivity contribution in [3.8, 4) is 0 Å². The SMILES string of the molecule is Cc1ccc(S(N)(=O)=O)cc1C(=O)CCC(=O)O. The Morgan fingerprint density at radius 1 is 1.28 bits per heavy atom. The molecule has 0 aliphatic carbocycles. The minimum Gasteiger partial charge on any atom is -0.481 e. The van der Waals surface area contributed by atoms with Crippen molar-refractivity contribution in [2.75, 3.05) is 0 Å². The van der Waals surface area contributed by atoms with Crippen LogP contribution in [0.1, 0.15) is 28.8 Å². The van der Waals surface area contributed by atoms with E-state index in [9.17, 15) is 18.0 Å². The predicted molar refractivity (Wildman–Crippen MR) is 63.8 cm³/mol. The van der Waals surface area contributed by atoms with Gasteiger partial charge in [-0.25, -0.2) is 13.6 Å². The second kappa shape index (κ2) is 5.28. The van der Waals surface area contributed by atoms with Gasteiger partial charge in [0.25, 0.3) is 0 Å². The maximum atomic E-state index is 11.8. The zero-order valence-corrected chi connectivity index (χ0v) is 10.5. The van der Waals surface area contributed by atoms with Crippen LogP contribution in [0.25, 0.3) is 0 Å². The second-order valence-corrected chi connectivity index (χ2v) is 5.40. The number of carboxylic acids is 1. The highest BCUT2D eigenvalue weighted by molar-refractivity contribution is 7.89. The van der Waals surface area contributed by atoms with Gasteiger partial charge in [-0.1, -0.05) is 6.07 Å². The van der Waals surface area contributed by atoms with Crippen LogP contribution in [0.3, 0.4) is 0 Å². The number of carbonyl (C=O) groups is 2. The topological polar surface area (TPSA) is 115 Å². The maximum absolute atomic E-state index is 11.8. The molecule has 0 radical (unpaired) electrons. The summed E-state index contributed by atoms with van der Waals surface area (Å²) in [4.78, 5) is 22.0. The molecular formula is C11H13NO5S. The normalized spacial score (nSPS) is 11.2. The van der Waals surface area contributed by atoms with Crippen LogP contribution in [0.15, 0.2) is 23.1 Å². The molecule has 98 valence electrons. The van der Waals surface area contributed by atoms with Crippen LogP contribution in [-0.4, -0.2) is 25.3 Å². The van der Waals surface area contributed by atoms with Gasteiger partial charge in [0, 0.05) is 12.0 Å². The third-order valence-corrected chi connectivity index (χ3v) is 3.31. The average Bonchev–Trinajstić information content (AvgIpc) is 2.24. The number of primary sulfonamides is 1. The molecule has 0 aliphatic rings. The van der Waals surface area contributed by atoms with Crippen molar-refractivity contribution in [1.82, 2.24) is 0 Å². The molecule has 0 aliphatic heterocycles. The molecule has 0 amide bonds. The lowest BCUT2D eigenvalue weighted by atomic mass is 10.0. The second-order valence-electron chi connectivity index (χ2n) is 3.84. The summed E-state index contributed by atoms with van der Waals surface area (Å²) in [6.45, 7) is 1.64. The van der Waals surface area contributed by atoms with Crippen LogP contribution in [0.4, 0.5) is 0 Å². The first kappa shape index (κ1) is 14.3. The average molecular weight is 271 g/mol. The molecule has 0 fully saturated rings. The number of Topliss-reactive ketones (excluding diaryl/α,β-unsaturated/α-hetero) is 1. The zero-order valence-electron chi connectivity index (χ0n) is 9.71. The lowest BCUT2D eigenvalue weighted by Gasteiger charge is -2.06. The summed E-state index contributed by atoms with van der Waals surface area (Å²) in [7, 11) is -3.88. The number of hydrogen-bond acceptors (Lipinski definition) is 4. The first-order chi connectivity index (χ1) is 8.21. The lowest BCUT2D eigenvalue weighted by Crippen LogP contribution is -2.14. The van der Waals surface area contributed by atoms with E-state index in [1.807, 2.05) is 0 Å². The third-order valence-electron chi connectivity index (χ3n) is 2.40. The molecule has 0 unspecified atom stereocenters. The highest BCUT2D eigenvalue weighted by Gasteiger charge is 2.15. The zero-order chi connectivity index (χ0) is 13.9. The quantitative estimate of drug-likeness (QED) is 0.764. The van der Waals surface area contributed by atoms with Crippen LogP contribution in [0.2, 0.25) is 0 Å². The predicted octanol–water partition coefficient (Wildman–Crippen LogP) is 0.690. The van der Waals surface area contributed by atoms with Crippen molar-refractivity contribution < 1.29 is 23.1 Å². The number of ketones is 1. The number of nitrogens with two attached hydrogens (primary N) is 1. The van der Waals surface area contributed by atoms with E-state index in [0.717, 1.165) is 0 Å². The number of sulfonamides is 1. The Kier molecular flexibility index (Phi) is 4.20. The Labute approximate surface area is 104 Å². The molecule has 3 N–H and O–H groups in total. The highest BCUT2D eigenvalue weighted by atomic mass is 32.2. The minimum absolute atomic E-state index is 0.160. The van der Waals surface area contributed by atoms with Crippen molar-refractivity contribution in [3.63, 3.8) is 0 Å². The summed E-state index contributed by atoms with van der Waals surface area (Å²) < 4.78 is 22.3. The Bertz CT molecular complexity index is 591. The summed E-state index contributed by atoms with van der Waals surface area (Å²) in [6.07, 6.45) is -0.470. The van der Waals surface area contributed by atoms with Crippen LogP contribution < -0.4 is 5.14 Å². The van der Waals surface area contributed by atoms with E-state index < -0.39 is 21.8 Å². The first-order valence-corrected chi connectivity index (χ1v) is 6.65. The van der Waals surface area contributed by atoms with Crippen LogP contribution >= 0.6 is 0 Å². The molecule has 0 heterocycles. The van der Waals surface area contributed by atoms with Gasteiger partial charge in [0.05, 0.1) is 11.3 Å². The molecule has 0 saturated carbocycles.